The molecule has 0 saturated carbocycles. The number of amides is 1. The molecule has 0 bridgehead atoms. The third-order valence-electron chi connectivity index (χ3n) is 2.92. The van der Waals surface area contributed by atoms with Crippen LogP contribution in [-0.4, -0.2) is 22.9 Å². The van der Waals surface area contributed by atoms with Crippen molar-refractivity contribution in [2.24, 2.45) is 0 Å². The number of carbonyl (C=O) groups excluding carboxylic acids is 3. The minimum atomic E-state index is -1.22. The van der Waals surface area contributed by atoms with Crippen molar-refractivity contribution < 1.29 is 24.0 Å². The highest BCUT2D eigenvalue weighted by atomic mass is 16.7. The van der Waals surface area contributed by atoms with Gasteiger partial charge in [-0.15, -0.1) is 5.06 Å². The first-order chi connectivity index (χ1) is 9.99. The van der Waals surface area contributed by atoms with Crippen molar-refractivity contribution in [3.05, 3.63) is 48.2 Å². The van der Waals surface area contributed by atoms with Crippen molar-refractivity contribution in [1.29, 1.82) is 0 Å². The minimum absolute atomic E-state index is 0.246. The highest BCUT2D eigenvalue weighted by Gasteiger charge is 2.33. The van der Waals surface area contributed by atoms with Crippen molar-refractivity contribution in [2.45, 2.75) is 25.9 Å². The molecular formula is C15H15NO5. The summed E-state index contributed by atoms with van der Waals surface area (Å²) in [5.74, 6) is -1.80. The zero-order valence-corrected chi connectivity index (χ0v) is 11.6. The van der Waals surface area contributed by atoms with Gasteiger partial charge in [-0.25, -0.2) is 4.79 Å². The average molecular weight is 289 g/mol. The summed E-state index contributed by atoms with van der Waals surface area (Å²) in [6, 6.07) is 8.45. The molecule has 0 aliphatic carbocycles. The molecule has 0 N–H and O–H groups in total. The van der Waals surface area contributed by atoms with Crippen LogP contribution in [0.5, 0.6) is 0 Å². The maximum Gasteiger partial charge on any atom is 0.377 e. The van der Waals surface area contributed by atoms with Crippen LogP contribution in [0.1, 0.15) is 31.4 Å². The first-order valence-corrected chi connectivity index (χ1v) is 6.43. The van der Waals surface area contributed by atoms with Crippen LogP contribution in [0.4, 0.5) is 0 Å². The number of hydroxylamine groups is 2. The summed E-state index contributed by atoms with van der Waals surface area (Å²) < 4.78 is 5.00. The number of carbonyl (C=O) groups is 3. The van der Waals surface area contributed by atoms with Crippen LogP contribution in [0.3, 0.4) is 0 Å². The van der Waals surface area contributed by atoms with Crippen LogP contribution in [0, 0.1) is 0 Å². The molecule has 1 fully saturated rings. The van der Waals surface area contributed by atoms with Gasteiger partial charge in [-0.3, -0.25) is 9.59 Å². The van der Waals surface area contributed by atoms with Gasteiger partial charge < -0.3 is 9.57 Å². The van der Waals surface area contributed by atoms with Crippen molar-refractivity contribution in [3.63, 3.8) is 0 Å². The van der Waals surface area contributed by atoms with Gasteiger partial charge in [-0.1, -0.05) is 36.9 Å². The summed E-state index contributed by atoms with van der Waals surface area (Å²) in [6.07, 6.45) is -0.532. The summed E-state index contributed by atoms with van der Waals surface area (Å²) in [4.78, 5) is 40.0. The fraction of sp³-hybridized carbons (Fsp3) is 0.267. The van der Waals surface area contributed by atoms with Gasteiger partial charge in [0.2, 0.25) is 6.10 Å². The number of allylic oxidation sites excluding steroid dienone is 1. The lowest BCUT2D eigenvalue weighted by Crippen LogP contribution is -2.31. The van der Waals surface area contributed by atoms with Gasteiger partial charge in [-0.2, -0.15) is 0 Å². The molecule has 0 spiro atoms. The zero-order valence-electron chi connectivity index (χ0n) is 11.6. The Bertz CT molecular complexity index is 565. The maximum atomic E-state index is 12.2. The number of nitrogens with zero attached hydrogens (tertiary/aromatic N) is 1. The fourth-order valence-electron chi connectivity index (χ4n) is 1.93. The summed E-state index contributed by atoms with van der Waals surface area (Å²) in [5, 5.41) is 0.863. The third kappa shape index (κ3) is 3.47. The predicted octanol–water partition coefficient (Wildman–Crippen LogP) is 1.89. The van der Waals surface area contributed by atoms with E-state index in [-0.39, 0.29) is 12.3 Å². The zero-order chi connectivity index (χ0) is 15.4. The molecule has 0 unspecified atom stereocenters. The second kappa shape index (κ2) is 6.21. The van der Waals surface area contributed by atoms with E-state index in [4.69, 9.17) is 9.57 Å². The summed E-state index contributed by atoms with van der Waals surface area (Å²) in [6.45, 7) is 4.85. The molecule has 2 rings (SSSR count). The number of benzene rings is 1. The Kier molecular flexibility index (Phi) is 4.37. The van der Waals surface area contributed by atoms with Crippen LogP contribution < -0.4 is 0 Å². The third-order valence-corrected chi connectivity index (χ3v) is 2.92. The Labute approximate surface area is 121 Å². The fourth-order valence-corrected chi connectivity index (χ4v) is 1.93. The van der Waals surface area contributed by atoms with Gasteiger partial charge in [0, 0.05) is 18.9 Å². The monoisotopic (exact) mass is 289 g/mol. The van der Waals surface area contributed by atoms with Crippen molar-refractivity contribution in [3.8, 4) is 0 Å². The second-order valence-corrected chi connectivity index (χ2v) is 4.56. The van der Waals surface area contributed by atoms with Gasteiger partial charge in [0.05, 0.1) is 5.70 Å². The highest BCUT2D eigenvalue weighted by molar-refractivity contribution is 5.84. The molecule has 6 nitrogen and oxygen atoms in total. The van der Waals surface area contributed by atoms with E-state index >= 15 is 0 Å². The Balaban J connectivity index is 2.17. The lowest BCUT2D eigenvalue weighted by molar-refractivity contribution is -0.198. The molecule has 0 aromatic heterocycles. The Hall–Kier alpha value is -2.63. The topological polar surface area (TPSA) is 72.9 Å². The smallest absolute Gasteiger partial charge is 0.377 e. The van der Waals surface area contributed by atoms with Gasteiger partial charge >= 0.3 is 11.9 Å². The summed E-state index contributed by atoms with van der Waals surface area (Å²) in [7, 11) is 0. The van der Waals surface area contributed by atoms with Crippen LogP contribution in [-0.2, 0) is 24.0 Å². The van der Waals surface area contributed by atoms with E-state index < -0.39 is 18.0 Å². The number of hydrogen-bond donors (Lipinski definition) is 0. The molecule has 1 aromatic carbocycles. The van der Waals surface area contributed by atoms with Crippen molar-refractivity contribution in [2.75, 3.05) is 0 Å². The van der Waals surface area contributed by atoms with E-state index in [1.807, 2.05) is 0 Å². The maximum absolute atomic E-state index is 12.2. The first-order valence-electron chi connectivity index (χ1n) is 6.43. The molecule has 110 valence electrons. The lowest BCUT2D eigenvalue weighted by Gasteiger charge is -2.20. The number of esters is 1. The molecule has 1 aliphatic rings. The molecule has 1 atom stereocenters. The van der Waals surface area contributed by atoms with E-state index in [2.05, 4.69) is 6.58 Å². The molecule has 1 aliphatic heterocycles. The summed E-state index contributed by atoms with van der Waals surface area (Å²) >= 11 is 0. The second-order valence-electron chi connectivity index (χ2n) is 4.56. The number of ether oxygens (including phenoxy) is 1. The Morgan fingerprint density at radius 2 is 1.90 bits per heavy atom. The largest absolute Gasteiger partial charge is 0.445 e. The van der Waals surface area contributed by atoms with Crippen LogP contribution in [0.15, 0.2) is 42.6 Å². The van der Waals surface area contributed by atoms with Gasteiger partial charge in [0.25, 0.3) is 5.91 Å². The van der Waals surface area contributed by atoms with E-state index in [1.54, 1.807) is 30.3 Å². The molecule has 1 aromatic rings. The Morgan fingerprint density at radius 3 is 2.43 bits per heavy atom. The molecule has 1 heterocycles. The van der Waals surface area contributed by atoms with Gasteiger partial charge in [-0.05, 0) is 6.42 Å². The highest BCUT2D eigenvalue weighted by Crippen LogP contribution is 2.25. The van der Waals surface area contributed by atoms with E-state index in [9.17, 15) is 14.4 Å². The standard InChI is InChI=1S/C15H15NO5/c1-10-8-9-13(18)16(10)21-15(19)14(20-11(2)17)12-6-4-3-5-7-12/h3-7,14H,1,8-9H2,2H3/t14-/m0/s1. The molecule has 0 radical (unpaired) electrons. The van der Waals surface area contributed by atoms with Gasteiger partial charge in [0.15, 0.2) is 0 Å². The average Bonchev–Trinajstić information content (AvgIpc) is 2.77. The molecule has 21 heavy (non-hydrogen) atoms. The molecule has 6 heteroatoms. The number of hydrogen-bond acceptors (Lipinski definition) is 5. The number of rotatable bonds is 4. The van der Waals surface area contributed by atoms with Crippen molar-refractivity contribution in [1.82, 2.24) is 5.06 Å². The lowest BCUT2D eigenvalue weighted by atomic mass is 10.1. The van der Waals surface area contributed by atoms with Crippen LogP contribution in [0.2, 0.25) is 0 Å². The van der Waals surface area contributed by atoms with Crippen molar-refractivity contribution >= 4 is 17.8 Å². The van der Waals surface area contributed by atoms with E-state index in [0.717, 1.165) is 5.06 Å². The molecule has 1 saturated heterocycles. The predicted molar refractivity (Wildman–Crippen MR) is 72.3 cm³/mol. The SMILES string of the molecule is C=C1CCC(=O)N1OC(=O)[C@@H](OC(C)=O)c1ccccc1. The van der Waals surface area contributed by atoms with E-state index in [0.29, 0.717) is 17.7 Å². The summed E-state index contributed by atoms with van der Waals surface area (Å²) in [5.41, 5.74) is 0.873. The van der Waals surface area contributed by atoms with Crippen LogP contribution >= 0.6 is 0 Å². The van der Waals surface area contributed by atoms with Crippen LogP contribution in [0.25, 0.3) is 0 Å². The minimum Gasteiger partial charge on any atom is -0.445 e. The normalized spacial score (nSPS) is 15.8. The van der Waals surface area contributed by atoms with Gasteiger partial charge in [0.1, 0.15) is 0 Å². The molecule has 1 amide bonds. The quantitative estimate of drug-likeness (QED) is 0.791. The van der Waals surface area contributed by atoms with E-state index in [1.165, 1.54) is 6.92 Å². The Morgan fingerprint density at radius 1 is 1.24 bits per heavy atom. The first kappa shape index (κ1) is 14.8. The molecular weight excluding hydrogens is 274 g/mol.